The fourth-order valence-corrected chi connectivity index (χ4v) is 2.55. The zero-order chi connectivity index (χ0) is 15.1. The molecule has 7 heteroatoms. The number of hydrogen-bond acceptors (Lipinski definition) is 2. The van der Waals surface area contributed by atoms with Gasteiger partial charge in [-0.2, -0.15) is 0 Å². The molecular weight excluding hydrogens is 321 g/mol. The number of likely N-dealkylation sites (tertiary alicyclic amines) is 1. The summed E-state index contributed by atoms with van der Waals surface area (Å²) in [6.07, 6.45) is 0.635. The summed E-state index contributed by atoms with van der Waals surface area (Å²) >= 11 is 5.48. The molecule has 1 aliphatic heterocycles. The molecule has 1 aromatic rings. The molecule has 1 atom stereocenters. The average Bonchev–Trinajstić information content (AvgIpc) is 2.36. The molecule has 1 unspecified atom stereocenters. The highest BCUT2D eigenvalue weighted by molar-refractivity contribution is 6.30. The molecule has 2 N–H and O–H groups in total. The number of halogens is 4. The molecule has 1 aromatic carbocycles. The number of hydrogen-bond donors (Lipinski definition) is 1. The van der Waals surface area contributed by atoms with E-state index < -0.39 is 17.5 Å². The van der Waals surface area contributed by atoms with Crippen molar-refractivity contribution < 1.29 is 13.6 Å². The van der Waals surface area contributed by atoms with Crippen LogP contribution in [0.2, 0.25) is 5.02 Å². The van der Waals surface area contributed by atoms with Crippen molar-refractivity contribution in [3.05, 3.63) is 34.4 Å². The van der Waals surface area contributed by atoms with Crippen molar-refractivity contribution in [3.8, 4) is 0 Å². The van der Waals surface area contributed by atoms with Crippen LogP contribution >= 0.6 is 24.0 Å². The predicted molar refractivity (Wildman–Crippen MR) is 80.9 cm³/mol. The summed E-state index contributed by atoms with van der Waals surface area (Å²) in [4.78, 5) is 13.8. The highest BCUT2D eigenvalue weighted by Crippen LogP contribution is 2.29. The van der Waals surface area contributed by atoms with Gasteiger partial charge in [0.15, 0.2) is 0 Å². The molecule has 0 saturated carbocycles. The van der Waals surface area contributed by atoms with E-state index in [9.17, 15) is 13.6 Å². The maximum Gasteiger partial charge on any atom is 0.256 e. The van der Waals surface area contributed by atoms with Crippen molar-refractivity contribution >= 4 is 29.9 Å². The highest BCUT2D eigenvalue weighted by Gasteiger charge is 2.36. The standard InChI is InChI=1S/C14H17ClF2N2O.ClH/c1-14(2)7-19(4-3-12(14)18)13(20)8-5-11(17)9(15)6-10(8)16;/h5-6,12H,3-4,7,18H2,1-2H3;1H. The van der Waals surface area contributed by atoms with Gasteiger partial charge in [-0.1, -0.05) is 25.4 Å². The van der Waals surface area contributed by atoms with Crippen LogP contribution in [0.3, 0.4) is 0 Å². The first-order valence-electron chi connectivity index (χ1n) is 6.42. The molecule has 1 fully saturated rings. The number of carbonyl (C=O) groups excluding carboxylic acids is 1. The second kappa shape index (κ2) is 6.46. The second-order valence-electron chi connectivity index (χ2n) is 5.86. The topological polar surface area (TPSA) is 46.3 Å². The van der Waals surface area contributed by atoms with Gasteiger partial charge in [-0.25, -0.2) is 8.78 Å². The van der Waals surface area contributed by atoms with Crippen molar-refractivity contribution in [1.82, 2.24) is 4.90 Å². The van der Waals surface area contributed by atoms with Gasteiger partial charge in [0.2, 0.25) is 0 Å². The molecule has 3 nitrogen and oxygen atoms in total. The first-order chi connectivity index (χ1) is 9.22. The summed E-state index contributed by atoms with van der Waals surface area (Å²) in [6, 6.07) is 1.66. The average molecular weight is 339 g/mol. The molecule has 1 saturated heterocycles. The van der Waals surface area contributed by atoms with E-state index >= 15 is 0 Å². The lowest BCUT2D eigenvalue weighted by molar-refractivity contribution is 0.0528. The highest BCUT2D eigenvalue weighted by atomic mass is 35.5. The van der Waals surface area contributed by atoms with Crippen LogP contribution in [0.15, 0.2) is 12.1 Å². The first kappa shape index (κ1) is 18.1. The first-order valence-corrected chi connectivity index (χ1v) is 6.79. The molecular formula is C14H18Cl2F2N2O. The van der Waals surface area contributed by atoms with E-state index in [0.29, 0.717) is 19.5 Å². The van der Waals surface area contributed by atoms with Crippen LogP contribution in [-0.2, 0) is 0 Å². The summed E-state index contributed by atoms with van der Waals surface area (Å²) in [5.74, 6) is -2.14. The maximum absolute atomic E-state index is 13.8. The Labute approximate surface area is 133 Å². The summed E-state index contributed by atoms with van der Waals surface area (Å²) in [5.41, 5.74) is 5.45. The molecule has 118 valence electrons. The minimum Gasteiger partial charge on any atom is -0.338 e. The predicted octanol–water partition coefficient (Wildman–Crippen LogP) is 3.24. The second-order valence-corrected chi connectivity index (χ2v) is 6.26. The maximum atomic E-state index is 13.8. The van der Waals surface area contributed by atoms with E-state index in [1.54, 1.807) is 0 Å². The van der Waals surface area contributed by atoms with Gasteiger partial charge >= 0.3 is 0 Å². The van der Waals surface area contributed by atoms with Gasteiger partial charge in [-0.15, -0.1) is 12.4 Å². The Morgan fingerprint density at radius 3 is 2.57 bits per heavy atom. The Morgan fingerprint density at radius 1 is 1.38 bits per heavy atom. The largest absolute Gasteiger partial charge is 0.338 e. The Morgan fingerprint density at radius 2 is 2.00 bits per heavy atom. The van der Waals surface area contributed by atoms with Crippen molar-refractivity contribution in [2.75, 3.05) is 13.1 Å². The van der Waals surface area contributed by atoms with Gasteiger partial charge < -0.3 is 10.6 Å². The van der Waals surface area contributed by atoms with E-state index in [-0.39, 0.29) is 34.4 Å². The van der Waals surface area contributed by atoms with Crippen LogP contribution in [0, 0.1) is 17.0 Å². The molecule has 0 spiro atoms. The van der Waals surface area contributed by atoms with Gasteiger partial charge in [0.25, 0.3) is 5.91 Å². The van der Waals surface area contributed by atoms with E-state index in [4.69, 9.17) is 17.3 Å². The van der Waals surface area contributed by atoms with Gasteiger partial charge in [0.05, 0.1) is 10.6 Å². The smallest absolute Gasteiger partial charge is 0.256 e. The third kappa shape index (κ3) is 3.65. The molecule has 1 heterocycles. The molecule has 0 bridgehead atoms. The summed E-state index contributed by atoms with van der Waals surface area (Å²) < 4.78 is 27.2. The fourth-order valence-electron chi connectivity index (χ4n) is 2.40. The normalized spacial score (nSPS) is 20.9. The van der Waals surface area contributed by atoms with Crippen molar-refractivity contribution in [3.63, 3.8) is 0 Å². The molecule has 0 aliphatic carbocycles. The lowest BCUT2D eigenvalue weighted by Gasteiger charge is -2.42. The number of carbonyl (C=O) groups is 1. The summed E-state index contributed by atoms with van der Waals surface area (Å²) in [5, 5.41) is -0.333. The number of rotatable bonds is 1. The fraction of sp³-hybridized carbons (Fsp3) is 0.500. The van der Waals surface area contributed by atoms with Crippen molar-refractivity contribution in [2.45, 2.75) is 26.3 Å². The zero-order valence-corrected chi connectivity index (χ0v) is 13.4. The van der Waals surface area contributed by atoms with E-state index in [0.717, 1.165) is 12.1 Å². The monoisotopic (exact) mass is 338 g/mol. The summed E-state index contributed by atoms with van der Waals surface area (Å²) in [6.45, 7) is 4.76. The minimum absolute atomic E-state index is 0. The van der Waals surface area contributed by atoms with Crippen LogP contribution < -0.4 is 5.73 Å². The van der Waals surface area contributed by atoms with E-state index in [2.05, 4.69) is 0 Å². The third-order valence-corrected chi connectivity index (χ3v) is 4.13. The quantitative estimate of drug-likeness (QED) is 0.799. The Balaban J connectivity index is 0.00000220. The molecule has 1 aliphatic rings. The molecule has 21 heavy (non-hydrogen) atoms. The third-order valence-electron chi connectivity index (χ3n) is 3.84. The molecule has 2 rings (SSSR count). The lowest BCUT2D eigenvalue weighted by atomic mass is 9.79. The number of benzene rings is 1. The van der Waals surface area contributed by atoms with Crippen LogP contribution in [0.4, 0.5) is 8.78 Å². The van der Waals surface area contributed by atoms with E-state index in [1.807, 2.05) is 13.8 Å². The Kier molecular flexibility index (Phi) is 5.58. The summed E-state index contributed by atoms with van der Waals surface area (Å²) in [7, 11) is 0. The SMILES string of the molecule is CC1(C)CN(C(=O)c2cc(F)c(Cl)cc2F)CCC1N.Cl. The van der Waals surface area contributed by atoms with E-state index in [1.165, 1.54) is 4.90 Å². The van der Waals surface area contributed by atoms with Gasteiger partial charge in [0, 0.05) is 19.1 Å². The zero-order valence-electron chi connectivity index (χ0n) is 11.8. The number of nitrogens with two attached hydrogens (primary N) is 1. The van der Waals surface area contributed by atoms with Crippen molar-refractivity contribution in [1.29, 1.82) is 0 Å². The van der Waals surface area contributed by atoms with Crippen LogP contribution in [0.1, 0.15) is 30.6 Å². The number of amides is 1. The van der Waals surface area contributed by atoms with Crippen molar-refractivity contribution in [2.24, 2.45) is 11.1 Å². The van der Waals surface area contributed by atoms with Gasteiger partial charge in [-0.05, 0) is 24.0 Å². The number of nitrogens with zero attached hydrogens (tertiary/aromatic N) is 1. The lowest BCUT2D eigenvalue weighted by Crippen LogP contribution is -2.54. The van der Waals surface area contributed by atoms with Crippen LogP contribution in [0.5, 0.6) is 0 Å². The molecule has 1 amide bonds. The van der Waals surface area contributed by atoms with Gasteiger partial charge in [0.1, 0.15) is 11.6 Å². The van der Waals surface area contributed by atoms with Gasteiger partial charge in [-0.3, -0.25) is 4.79 Å². The van der Waals surface area contributed by atoms with Crippen LogP contribution in [-0.4, -0.2) is 29.9 Å². The Bertz CT molecular complexity index is 552. The molecule has 0 radical (unpaired) electrons. The number of piperidine rings is 1. The van der Waals surface area contributed by atoms with Crippen LogP contribution in [0.25, 0.3) is 0 Å². The minimum atomic E-state index is -0.811. The molecule has 0 aromatic heterocycles. The Hall–Kier alpha value is -0.910.